The van der Waals surface area contributed by atoms with Gasteiger partial charge in [0.15, 0.2) is 0 Å². The molecule has 0 spiro atoms. The minimum Gasteiger partial charge on any atom is -0.497 e. The van der Waals surface area contributed by atoms with Crippen molar-refractivity contribution in [2.75, 3.05) is 20.2 Å². The zero-order valence-corrected chi connectivity index (χ0v) is 22.3. The van der Waals surface area contributed by atoms with Gasteiger partial charge in [0, 0.05) is 23.9 Å². The van der Waals surface area contributed by atoms with Crippen LogP contribution in [-0.2, 0) is 11.3 Å². The number of fused-ring (bicyclic) bond motifs is 1. The average Bonchev–Trinajstić information content (AvgIpc) is 3.55. The summed E-state index contributed by atoms with van der Waals surface area (Å²) in [4.78, 5) is 15.2. The van der Waals surface area contributed by atoms with Crippen LogP contribution >= 0.6 is 0 Å². The molecular weight excluding hydrogens is 484 g/mol. The van der Waals surface area contributed by atoms with E-state index in [9.17, 15) is 4.79 Å². The molecule has 3 heterocycles. The number of piperidine rings is 1. The molecule has 2 aliphatic heterocycles. The minimum absolute atomic E-state index is 0.0221. The fourth-order valence-corrected chi connectivity index (χ4v) is 5.54. The summed E-state index contributed by atoms with van der Waals surface area (Å²) in [5.74, 6) is 0.785. The van der Waals surface area contributed by atoms with E-state index in [-0.39, 0.29) is 11.9 Å². The van der Waals surface area contributed by atoms with Gasteiger partial charge in [-0.05, 0) is 84.6 Å². The van der Waals surface area contributed by atoms with Gasteiger partial charge in [-0.3, -0.25) is 14.8 Å². The van der Waals surface area contributed by atoms with Crippen molar-refractivity contribution in [3.8, 4) is 5.75 Å². The van der Waals surface area contributed by atoms with Crippen LogP contribution in [0.15, 0.2) is 72.3 Å². The molecule has 4 aromatic rings. The van der Waals surface area contributed by atoms with Crippen LogP contribution < -0.4 is 10.1 Å². The number of aromatic amines is 1. The van der Waals surface area contributed by atoms with Crippen LogP contribution in [0.5, 0.6) is 5.75 Å². The van der Waals surface area contributed by atoms with Gasteiger partial charge < -0.3 is 10.1 Å². The highest BCUT2D eigenvalue weighted by atomic mass is 16.5. The number of methoxy groups -OCH3 is 1. The topological polar surface area (TPSA) is 70.2 Å². The molecule has 0 bridgehead atoms. The van der Waals surface area contributed by atoms with Crippen LogP contribution in [0.3, 0.4) is 0 Å². The molecular formula is C33H34N4O2. The molecule has 1 aromatic heterocycles. The molecule has 1 atom stereocenters. The first-order valence-corrected chi connectivity index (χ1v) is 13.8. The molecule has 1 amide bonds. The van der Waals surface area contributed by atoms with Crippen LogP contribution in [0, 0.1) is 0 Å². The van der Waals surface area contributed by atoms with Crippen molar-refractivity contribution in [2.24, 2.45) is 0 Å². The summed E-state index contributed by atoms with van der Waals surface area (Å²) in [6.07, 6.45) is 10.8. The maximum atomic E-state index is 12.7. The van der Waals surface area contributed by atoms with E-state index >= 15 is 0 Å². The van der Waals surface area contributed by atoms with E-state index in [1.54, 1.807) is 7.11 Å². The van der Waals surface area contributed by atoms with Crippen LogP contribution in [0.2, 0.25) is 0 Å². The maximum absolute atomic E-state index is 12.7. The molecule has 198 valence electrons. The summed E-state index contributed by atoms with van der Waals surface area (Å²) in [5, 5.41) is 11.8. The third kappa shape index (κ3) is 5.81. The molecule has 0 radical (unpaired) electrons. The highest BCUT2D eigenvalue weighted by Gasteiger charge is 2.27. The first kappa shape index (κ1) is 25.1. The smallest absolute Gasteiger partial charge is 0.247 e. The van der Waals surface area contributed by atoms with Crippen LogP contribution in [0.25, 0.3) is 29.1 Å². The van der Waals surface area contributed by atoms with Gasteiger partial charge >= 0.3 is 0 Å². The minimum atomic E-state index is -0.0267. The average molecular weight is 519 g/mol. The quantitative estimate of drug-likeness (QED) is 0.279. The molecule has 0 saturated carbocycles. The van der Waals surface area contributed by atoms with Crippen molar-refractivity contribution in [1.82, 2.24) is 20.4 Å². The second kappa shape index (κ2) is 11.3. The van der Waals surface area contributed by atoms with Crippen molar-refractivity contribution < 1.29 is 9.53 Å². The van der Waals surface area contributed by atoms with Crippen molar-refractivity contribution in [2.45, 2.75) is 38.3 Å². The summed E-state index contributed by atoms with van der Waals surface area (Å²) in [6.45, 7) is 3.46. The highest BCUT2D eigenvalue weighted by Crippen LogP contribution is 2.30. The molecule has 1 unspecified atom stereocenters. The van der Waals surface area contributed by atoms with Crippen LogP contribution in [0.1, 0.15) is 59.7 Å². The van der Waals surface area contributed by atoms with Gasteiger partial charge in [0.05, 0.1) is 24.4 Å². The number of benzene rings is 3. The third-order valence-electron chi connectivity index (χ3n) is 7.76. The van der Waals surface area contributed by atoms with Crippen molar-refractivity contribution in [3.63, 3.8) is 0 Å². The number of ether oxygens (including phenoxy) is 1. The molecule has 2 aliphatic rings. The summed E-state index contributed by atoms with van der Waals surface area (Å²) in [7, 11) is 1.65. The van der Waals surface area contributed by atoms with E-state index in [1.165, 1.54) is 37.9 Å². The van der Waals surface area contributed by atoms with E-state index in [0.717, 1.165) is 51.2 Å². The van der Waals surface area contributed by atoms with Crippen molar-refractivity contribution in [3.05, 3.63) is 100 Å². The lowest BCUT2D eigenvalue weighted by Gasteiger charge is -2.26. The third-order valence-corrected chi connectivity index (χ3v) is 7.76. The molecule has 2 N–H and O–H groups in total. The van der Waals surface area contributed by atoms with Gasteiger partial charge in [0.25, 0.3) is 0 Å². The van der Waals surface area contributed by atoms with Gasteiger partial charge in [-0.15, -0.1) is 0 Å². The van der Waals surface area contributed by atoms with E-state index in [4.69, 9.17) is 4.74 Å². The monoisotopic (exact) mass is 518 g/mol. The normalized spacial score (nSPS) is 19.3. The molecule has 39 heavy (non-hydrogen) atoms. The maximum Gasteiger partial charge on any atom is 0.247 e. The summed E-state index contributed by atoms with van der Waals surface area (Å²) in [6, 6.07) is 22.8. The number of hydrogen-bond acceptors (Lipinski definition) is 4. The summed E-state index contributed by atoms with van der Waals surface area (Å²) >= 11 is 0. The molecule has 6 rings (SSSR count). The van der Waals surface area contributed by atoms with E-state index in [2.05, 4.69) is 69.0 Å². The zero-order chi connectivity index (χ0) is 26.6. The molecule has 0 aliphatic carbocycles. The second-order valence-electron chi connectivity index (χ2n) is 10.5. The van der Waals surface area contributed by atoms with Gasteiger partial charge in [0.1, 0.15) is 5.75 Å². The van der Waals surface area contributed by atoms with E-state index < -0.39 is 0 Å². The zero-order valence-electron chi connectivity index (χ0n) is 22.3. The van der Waals surface area contributed by atoms with Crippen LogP contribution in [0.4, 0.5) is 0 Å². The second-order valence-corrected chi connectivity index (χ2v) is 10.5. The Balaban J connectivity index is 1.12. The van der Waals surface area contributed by atoms with Gasteiger partial charge in [-0.1, -0.05) is 55.0 Å². The predicted molar refractivity (Wildman–Crippen MR) is 157 cm³/mol. The van der Waals surface area contributed by atoms with E-state index in [1.807, 2.05) is 36.4 Å². The Hall–Kier alpha value is -4.16. The first-order valence-electron chi connectivity index (χ1n) is 13.8. The summed E-state index contributed by atoms with van der Waals surface area (Å²) in [5.41, 5.74) is 7.21. The van der Waals surface area contributed by atoms with Crippen molar-refractivity contribution in [1.29, 1.82) is 0 Å². The number of likely N-dealkylation sites (tertiary alicyclic amines) is 1. The Morgan fingerprint density at radius 1 is 0.949 bits per heavy atom. The molecule has 6 nitrogen and oxygen atoms in total. The van der Waals surface area contributed by atoms with Crippen molar-refractivity contribution >= 4 is 35.0 Å². The Morgan fingerprint density at radius 2 is 1.72 bits per heavy atom. The van der Waals surface area contributed by atoms with Gasteiger partial charge in [-0.25, -0.2) is 0 Å². The molecule has 6 heteroatoms. The number of carbonyl (C=O) groups is 1. The Morgan fingerprint density at radius 3 is 2.49 bits per heavy atom. The largest absolute Gasteiger partial charge is 0.497 e. The highest BCUT2D eigenvalue weighted by molar-refractivity contribution is 6.01. The number of hydrogen-bond donors (Lipinski definition) is 2. The standard InChI is InChI=1S/C33H34N4O2/c1-39-28-13-11-26(12-14-28)31-21-27(33(38)34-31)19-25-9-15-29-30(35-36-32(29)20-25)16-10-23-5-7-24(8-6-23)22-37-17-3-2-4-18-37/h5-16,19-20,31H,2-4,17-18,21-22H2,1H3,(H,34,38)(H,35,36)/b16-10+,27-19+. The number of rotatable bonds is 7. The number of nitrogens with one attached hydrogen (secondary N) is 2. The summed E-state index contributed by atoms with van der Waals surface area (Å²) < 4.78 is 5.24. The lowest BCUT2D eigenvalue weighted by Crippen LogP contribution is -2.28. The fourth-order valence-electron chi connectivity index (χ4n) is 5.54. The van der Waals surface area contributed by atoms with Gasteiger partial charge in [-0.2, -0.15) is 5.10 Å². The fraction of sp³-hybridized carbons (Fsp3) is 0.273. The van der Waals surface area contributed by atoms with Gasteiger partial charge in [0.2, 0.25) is 5.91 Å². The number of amides is 1. The van der Waals surface area contributed by atoms with E-state index in [0.29, 0.717) is 6.42 Å². The van der Waals surface area contributed by atoms with Crippen LogP contribution in [-0.4, -0.2) is 41.2 Å². The lowest BCUT2D eigenvalue weighted by molar-refractivity contribution is -0.116. The number of aromatic nitrogens is 2. The first-order chi connectivity index (χ1) is 19.1. The number of H-pyrrole nitrogens is 1. The molecule has 3 aromatic carbocycles. The Bertz CT molecular complexity index is 1510. The molecule has 2 saturated heterocycles. The Kier molecular flexibility index (Phi) is 7.28. The SMILES string of the molecule is COc1ccc(C2C/C(=C\c3ccc4c(/C=C/c5ccc(CN6CCCCC6)cc5)n[nH]c4c3)C(=O)N2)cc1. The lowest BCUT2D eigenvalue weighted by atomic mass is 10.0. The number of carbonyl (C=O) groups excluding carboxylic acids is 1. The Labute approximate surface area is 229 Å². The number of nitrogens with zero attached hydrogens (tertiary/aromatic N) is 2. The predicted octanol–water partition coefficient (Wildman–Crippen LogP) is 6.37. The molecule has 2 fully saturated rings.